The van der Waals surface area contributed by atoms with E-state index in [4.69, 9.17) is 11.6 Å². The molecule has 0 bridgehead atoms. The second-order valence-corrected chi connectivity index (χ2v) is 7.43. The largest absolute Gasteiger partial charge is 0.549 e. The summed E-state index contributed by atoms with van der Waals surface area (Å²) < 4.78 is 0. The summed E-state index contributed by atoms with van der Waals surface area (Å²) in [6.07, 6.45) is 2.41. The standard InChI is InChI=1S/C22H22ClNO3/c1-15-11-12-22(21(26)27,19(13-15)17-7-9-18(23)10-8-17)20(25)24-14-16-5-3-2-4-6-16/h2-11,19H,12-14H2,1H3,(H,24,25)(H,26,27)/p-1/t19-,22-/m0/s1. The first-order chi connectivity index (χ1) is 12.9. The van der Waals surface area contributed by atoms with E-state index in [0.29, 0.717) is 11.4 Å². The number of benzene rings is 2. The van der Waals surface area contributed by atoms with E-state index in [-0.39, 0.29) is 13.0 Å². The maximum absolute atomic E-state index is 13.1. The highest BCUT2D eigenvalue weighted by Gasteiger charge is 2.48. The monoisotopic (exact) mass is 382 g/mol. The van der Waals surface area contributed by atoms with Crippen LogP contribution in [-0.4, -0.2) is 11.9 Å². The van der Waals surface area contributed by atoms with Crippen LogP contribution in [0.2, 0.25) is 5.02 Å². The van der Waals surface area contributed by atoms with Crippen molar-refractivity contribution in [1.29, 1.82) is 0 Å². The van der Waals surface area contributed by atoms with E-state index in [1.165, 1.54) is 0 Å². The van der Waals surface area contributed by atoms with Gasteiger partial charge in [0.25, 0.3) is 0 Å². The van der Waals surface area contributed by atoms with Crippen molar-refractivity contribution in [2.75, 3.05) is 0 Å². The molecule has 1 aliphatic rings. The fourth-order valence-electron chi connectivity index (χ4n) is 3.66. The van der Waals surface area contributed by atoms with Crippen LogP contribution in [0.15, 0.2) is 66.2 Å². The normalized spacial score (nSPS) is 22.0. The third kappa shape index (κ3) is 3.91. The predicted octanol–water partition coefficient (Wildman–Crippen LogP) is 3.22. The number of hydrogen-bond donors (Lipinski definition) is 1. The molecule has 2 atom stereocenters. The van der Waals surface area contributed by atoms with E-state index in [2.05, 4.69) is 5.32 Å². The lowest BCUT2D eigenvalue weighted by Gasteiger charge is -2.43. The zero-order valence-corrected chi connectivity index (χ0v) is 15.8. The highest BCUT2D eigenvalue weighted by molar-refractivity contribution is 6.30. The molecule has 2 aromatic carbocycles. The first kappa shape index (κ1) is 19.2. The van der Waals surface area contributed by atoms with Crippen LogP contribution >= 0.6 is 11.6 Å². The van der Waals surface area contributed by atoms with Gasteiger partial charge < -0.3 is 15.2 Å². The third-order valence-corrected chi connectivity index (χ3v) is 5.48. The van der Waals surface area contributed by atoms with Gasteiger partial charge in [0.1, 0.15) is 0 Å². The van der Waals surface area contributed by atoms with Gasteiger partial charge in [-0.3, -0.25) is 4.79 Å². The third-order valence-electron chi connectivity index (χ3n) is 5.23. The number of amides is 1. The molecule has 0 heterocycles. The Hall–Kier alpha value is -2.59. The van der Waals surface area contributed by atoms with E-state index < -0.39 is 23.2 Å². The number of halogens is 1. The summed E-state index contributed by atoms with van der Waals surface area (Å²) in [4.78, 5) is 25.4. The van der Waals surface area contributed by atoms with E-state index >= 15 is 0 Å². The van der Waals surface area contributed by atoms with Gasteiger partial charge in [-0.2, -0.15) is 0 Å². The van der Waals surface area contributed by atoms with Gasteiger partial charge in [-0.05, 0) is 43.0 Å². The number of carboxylic acids is 1. The van der Waals surface area contributed by atoms with Crippen LogP contribution in [0, 0.1) is 5.41 Å². The number of rotatable bonds is 5. The zero-order valence-electron chi connectivity index (χ0n) is 15.1. The average molecular weight is 383 g/mol. The number of aliphatic carboxylic acids is 1. The predicted molar refractivity (Wildman–Crippen MR) is 103 cm³/mol. The highest BCUT2D eigenvalue weighted by atomic mass is 35.5. The first-order valence-electron chi connectivity index (χ1n) is 8.88. The molecule has 1 N–H and O–H groups in total. The molecule has 1 aliphatic carbocycles. The highest BCUT2D eigenvalue weighted by Crippen LogP contribution is 2.47. The van der Waals surface area contributed by atoms with Crippen LogP contribution in [-0.2, 0) is 16.1 Å². The summed E-state index contributed by atoms with van der Waals surface area (Å²) in [5, 5.41) is 15.6. The van der Waals surface area contributed by atoms with Gasteiger partial charge in [0, 0.05) is 17.5 Å². The Labute approximate surface area is 163 Å². The van der Waals surface area contributed by atoms with Crippen LogP contribution < -0.4 is 10.4 Å². The van der Waals surface area contributed by atoms with Gasteiger partial charge in [0.05, 0.1) is 11.4 Å². The lowest BCUT2D eigenvalue weighted by molar-refractivity contribution is -0.318. The van der Waals surface area contributed by atoms with E-state index in [9.17, 15) is 14.7 Å². The van der Waals surface area contributed by atoms with Gasteiger partial charge >= 0.3 is 0 Å². The van der Waals surface area contributed by atoms with Gasteiger partial charge in [-0.15, -0.1) is 0 Å². The molecule has 0 saturated heterocycles. The summed E-state index contributed by atoms with van der Waals surface area (Å²) in [6, 6.07) is 16.4. The second-order valence-electron chi connectivity index (χ2n) is 6.99. The molecule has 0 aliphatic heterocycles. The van der Waals surface area contributed by atoms with Gasteiger partial charge in [0.2, 0.25) is 5.91 Å². The fourth-order valence-corrected chi connectivity index (χ4v) is 3.79. The molecule has 27 heavy (non-hydrogen) atoms. The molecule has 5 heteroatoms. The average Bonchev–Trinajstić information content (AvgIpc) is 2.67. The number of hydrogen-bond acceptors (Lipinski definition) is 3. The van der Waals surface area contributed by atoms with Gasteiger partial charge in [0.15, 0.2) is 0 Å². The topological polar surface area (TPSA) is 69.2 Å². The first-order valence-corrected chi connectivity index (χ1v) is 9.26. The Bertz CT molecular complexity index is 861. The molecular formula is C22H21ClNO3-. The molecule has 0 radical (unpaired) electrons. The Morgan fingerprint density at radius 2 is 1.81 bits per heavy atom. The minimum Gasteiger partial charge on any atom is -0.549 e. The molecule has 140 valence electrons. The lowest BCUT2D eigenvalue weighted by atomic mass is 9.63. The van der Waals surface area contributed by atoms with Crippen LogP contribution in [0.3, 0.4) is 0 Å². The SMILES string of the molecule is CC1=CC[C@@](C(=O)[O-])(C(=O)NCc2ccccc2)[C@H](c2ccc(Cl)cc2)C1. The van der Waals surface area contributed by atoms with E-state index in [1.54, 1.807) is 24.3 Å². The maximum Gasteiger partial charge on any atom is 0.233 e. The number of nitrogens with one attached hydrogen (secondary N) is 1. The van der Waals surface area contributed by atoms with E-state index in [0.717, 1.165) is 16.7 Å². The Balaban J connectivity index is 1.94. The van der Waals surface area contributed by atoms with Crippen molar-refractivity contribution >= 4 is 23.5 Å². The van der Waals surface area contributed by atoms with Crippen molar-refractivity contribution in [3.05, 3.63) is 82.4 Å². The van der Waals surface area contributed by atoms with Crippen molar-refractivity contribution in [2.45, 2.75) is 32.2 Å². The van der Waals surface area contributed by atoms with Gasteiger partial charge in [-0.1, -0.05) is 65.7 Å². The van der Waals surface area contributed by atoms with Crippen molar-refractivity contribution in [3.63, 3.8) is 0 Å². The lowest BCUT2D eigenvalue weighted by Crippen LogP contribution is -2.56. The quantitative estimate of drug-likeness (QED) is 0.637. The van der Waals surface area contributed by atoms with Crippen LogP contribution in [0.25, 0.3) is 0 Å². The number of carbonyl (C=O) groups excluding carboxylic acids is 2. The second kappa shape index (κ2) is 7.97. The van der Waals surface area contributed by atoms with Crippen molar-refractivity contribution in [2.24, 2.45) is 5.41 Å². The summed E-state index contributed by atoms with van der Waals surface area (Å²) >= 11 is 5.97. The minimum absolute atomic E-state index is 0.106. The summed E-state index contributed by atoms with van der Waals surface area (Å²) in [6.45, 7) is 2.22. The van der Waals surface area contributed by atoms with Crippen molar-refractivity contribution in [3.8, 4) is 0 Å². The molecule has 2 aromatic rings. The number of allylic oxidation sites excluding steroid dienone is 2. The molecule has 0 fully saturated rings. The zero-order chi connectivity index (χ0) is 19.4. The molecular weight excluding hydrogens is 362 g/mol. The van der Waals surface area contributed by atoms with Crippen molar-refractivity contribution in [1.82, 2.24) is 5.32 Å². The molecule has 1 amide bonds. The summed E-state index contributed by atoms with van der Waals surface area (Å²) in [7, 11) is 0. The number of carbonyl (C=O) groups is 2. The van der Waals surface area contributed by atoms with Crippen LogP contribution in [0.1, 0.15) is 36.8 Å². The fraction of sp³-hybridized carbons (Fsp3) is 0.273. The van der Waals surface area contributed by atoms with Crippen LogP contribution in [0.5, 0.6) is 0 Å². The summed E-state index contributed by atoms with van der Waals surface area (Å²) in [5.74, 6) is -2.38. The smallest absolute Gasteiger partial charge is 0.233 e. The Kier molecular flexibility index (Phi) is 5.66. The molecule has 0 saturated carbocycles. The van der Waals surface area contributed by atoms with Crippen LogP contribution in [0.4, 0.5) is 0 Å². The summed E-state index contributed by atoms with van der Waals surface area (Å²) in [5.41, 5.74) is 1.08. The Morgan fingerprint density at radius 3 is 2.44 bits per heavy atom. The van der Waals surface area contributed by atoms with E-state index in [1.807, 2.05) is 43.3 Å². The Morgan fingerprint density at radius 1 is 1.15 bits per heavy atom. The number of carboxylic acid groups (broad SMARTS) is 1. The maximum atomic E-state index is 13.1. The molecule has 3 rings (SSSR count). The molecule has 0 spiro atoms. The molecule has 0 unspecified atom stereocenters. The minimum atomic E-state index is -1.65. The molecule has 4 nitrogen and oxygen atoms in total. The van der Waals surface area contributed by atoms with Gasteiger partial charge in [-0.25, -0.2) is 0 Å². The molecule has 0 aromatic heterocycles. The van der Waals surface area contributed by atoms with Crippen molar-refractivity contribution < 1.29 is 14.7 Å².